The first-order valence-corrected chi connectivity index (χ1v) is 6.27. The standard InChI is InChI=1S/C14H18FN3O/c1-3-16-7-12-8-17-18(10-12)9-11-4-5-14(19-2)13(15)6-11/h4-6,8,10,16H,3,7,9H2,1-2H3. The van der Waals surface area contributed by atoms with Gasteiger partial charge in [-0.25, -0.2) is 4.39 Å². The molecule has 0 atom stereocenters. The summed E-state index contributed by atoms with van der Waals surface area (Å²) in [6.07, 6.45) is 3.79. The first kappa shape index (κ1) is 13.5. The van der Waals surface area contributed by atoms with Gasteiger partial charge in [-0.1, -0.05) is 13.0 Å². The molecule has 5 heteroatoms. The predicted molar refractivity (Wildman–Crippen MR) is 71.7 cm³/mol. The number of rotatable bonds is 6. The number of halogens is 1. The molecule has 0 unspecified atom stereocenters. The second-order valence-electron chi connectivity index (χ2n) is 4.30. The Kier molecular flexibility index (Phi) is 4.52. The van der Waals surface area contributed by atoms with Crippen molar-refractivity contribution in [1.82, 2.24) is 15.1 Å². The maximum atomic E-state index is 13.6. The van der Waals surface area contributed by atoms with E-state index in [2.05, 4.69) is 17.3 Å². The van der Waals surface area contributed by atoms with Crippen molar-refractivity contribution in [2.45, 2.75) is 20.0 Å². The Morgan fingerprint density at radius 2 is 2.21 bits per heavy atom. The van der Waals surface area contributed by atoms with Crippen molar-refractivity contribution in [3.63, 3.8) is 0 Å². The van der Waals surface area contributed by atoms with Gasteiger partial charge in [0.2, 0.25) is 0 Å². The monoisotopic (exact) mass is 263 g/mol. The van der Waals surface area contributed by atoms with Gasteiger partial charge >= 0.3 is 0 Å². The summed E-state index contributed by atoms with van der Waals surface area (Å²) >= 11 is 0. The fourth-order valence-electron chi connectivity index (χ4n) is 1.85. The fourth-order valence-corrected chi connectivity index (χ4v) is 1.85. The molecule has 0 fully saturated rings. The molecule has 0 spiro atoms. The van der Waals surface area contributed by atoms with Crippen molar-refractivity contribution in [3.8, 4) is 5.75 Å². The zero-order valence-electron chi connectivity index (χ0n) is 11.2. The number of nitrogens with one attached hydrogen (secondary N) is 1. The summed E-state index contributed by atoms with van der Waals surface area (Å²) in [4.78, 5) is 0. The highest BCUT2D eigenvalue weighted by atomic mass is 19.1. The molecule has 4 nitrogen and oxygen atoms in total. The lowest BCUT2D eigenvalue weighted by Gasteiger charge is -2.05. The van der Waals surface area contributed by atoms with E-state index in [1.54, 1.807) is 10.7 Å². The molecule has 19 heavy (non-hydrogen) atoms. The van der Waals surface area contributed by atoms with Gasteiger partial charge in [0.15, 0.2) is 11.6 Å². The molecule has 1 aromatic carbocycles. The quantitative estimate of drug-likeness (QED) is 0.868. The van der Waals surface area contributed by atoms with E-state index in [9.17, 15) is 4.39 Å². The van der Waals surface area contributed by atoms with Crippen LogP contribution in [0.4, 0.5) is 4.39 Å². The minimum absolute atomic E-state index is 0.261. The van der Waals surface area contributed by atoms with Crippen LogP contribution in [0.25, 0.3) is 0 Å². The van der Waals surface area contributed by atoms with Gasteiger partial charge in [-0.3, -0.25) is 4.68 Å². The number of aromatic nitrogens is 2. The van der Waals surface area contributed by atoms with Gasteiger partial charge in [-0.2, -0.15) is 5.10 Å². The van der Waals surface area contributed by atoms with E-state index < -0.39 is 0 Å². The molecule has 0 amide bonds. The van der Waals surface area contributed by atoms with E-state index in [1.165, 1.54) is 13.2 Å². The van der Waals surface area contributed by atoms with Crippen LogP contribution in [0, 0.1) is 5.82 Å². The zero-order chi connectivity index (χ0) is 13.7. The Morgan fingerprint density at radius 1 is 1.37 bits per heavy atom. The minimum atomic E-state index is -0.347. The number of benzene rings is 1. The van der Waals surface area contributed by atoms with E-state index in [1.807, 2.05) is 18.5 Å². The second kappa shape index (κ2) is 6.33. The van der Waals surface area contributed by atoms with Crippen molar-refractivity contribution in [2.75, 3.05) is 13.7 Å². The van der Waals surface area contributed by atoms with E-state index in [0.29, 0.717) is 6.54 Å². The van der Waals surface area contributed by atoms with Crippen molar-refractivity contribution in [1.29, 1.82) is 0 Å². The van der Waals surface area contributed by atoms with Gasteiger partial charge in [0, 0.05) is 18.3 Å². The van der Waals surface area contributed by atoms with E-state index in [-0.39, 0.29) is 11.6 Å². The summed E-state index contributed by atoms with van der Waals surface area (Å²) in [6, 6.07) is 4.95. The van der Waals surface area contributed by atoms with E-state index in [4.69, 9.17) is 4.74 Å². The van der Waals surface area contributed by atoms with Gasteiger partial charge < -0.3 is 10.1 Å². The third kappa shape index (κ3) is 3.54. The van der Waals surface area contributed by atoms with Crippen LogP contribution in [0.15, 0.2) is 30.6 Å². The van der Waals surface area contributed by atoms with Gasteiger partial charge in [-0.05, 0) is 24.2 Å². The topological polar surface area (TPSA) is 39.1 Å². The van der Waals surface area contributed by atoms with Crippen molar-refractivity contribution < 1.29 is 9.13 Å². The smallest absolute Gasteiger partial charge is 0.165 e. The van der Waals surface area contributed by atoms with Crippen molar-refractivity contribution in [2.24, 2.45) is 0 Å². The molecule has 0 saturated carbocycles. The number of hydrogen-bond donors (Lipinski definition) is 1. The van der Waals surface area contributed by atoms with Crippen LogP contribution < -0.4 is 10.1 Å². The third-order valence-electron chi connectivity index (χ3n) is 2.83. The third-order valence-corrected chi connectivity index (χ3v) is 2.83. The maximum absolute atomic E-state index is 13.6. The first-order chi connectivity index (χ1) is 9.22. The molecule has 0 radical (unpaired) electrons. The number of nitrogens with zero attached hydrogens (tertiary/aromatic N) is 2. The number of methoxy groups -OCH3 is 1. The normalized spacial score (nSPS) is 10.7. The van der Waals surface area contributed by atoms with Crippen LogP contribution in [0.3, 0.4) is 0 Å². The molecular weight excluding hydrogens is 245 g/mol. The Balaban J connectivity index is 2.04. The van der Waals surface area contributed by atoms with Crippen LogP contribution in [0.2, 0.25) is 0 Å². The Hall–Kier alpha value is -1.88. The molecule has 102 valence electrons. The van der Waals surface area contributed by atoms with Crippen molar-refractivity contribution >= 4 is 0 Å². The first-order valence-electron chi connectivity index (χ1n) is 6.27. The molecule has 0 aliphatic rings. The van der Waals surface area contributed by atoms with Gasteiger partial charge in [0.25, 0.3) is 0 Å². The van der Waals surface area contributed by atoms with Crippen molar-refractivity contribution in [3.05, 3.63) is 47.5 Å². The summed E-state index contributed by atoms with van der Waals surface area (Å²) in [5.74, 6) is -0.0860. The highest BCUT2D eigenvalue weighted by Gasteiger charge is 2.05. The largest absolute Gasteiger partial charge is 0.494 e. The molecule has 0 aliphatic carbocycles. The summed E-state index contributed by atoms with van der Waals surface area (Å²) in [5.41, 5.74) is 1.98. The van der Waals surface area contributed by atoms with Crippen LogP contribution in [0.5, 0.6) is 5.75 Å². The molecule has 1 heterocycles. The minimum Gasteiger partial charge on any atom is -0.494 e. The van der Waals surface area contributed by atoms with Crippen LogP contribution in [0.1, 0.15) is 18.1 Å². The zero-order valence-corrected chi connectivity index (χ0v) is 11.2. The summed E-state index contributed by atoms with van der Waals surface area (Å²) in [6.45, 7) is 4.33. The SMILES string of the molecule is CCNCc1cnn(Cc2ccc(OC)c(F)c2)c1. The van der Waals surface area contributed by atoms with Gasteiger partial charge in [0.05, 0.1) is 19.9 Å². The van der Waals surface area contributed by atoms with Crippen LogP contribution in [-0.2, 0) is 13.1 Å². The summed E-state index contributed by atoms with van der Waals surface area (Å²) in [7, 11) is 1.46. The highest BCUT2D eigenvalue weighted by molar-refractivity contribution is 5.29. The van der Waals surface area contributed by atoms with Gasteiger partial charge in [0.1, 0.15) is 0 Å². The van der Waals surface area contributed by atoms with Crippen LogP contribution in [-0.4, -0.2) is 23.4 Å². The summed E-state index contributed by atoms with van der Waals surface area (Å²) in [5, 5.41) is 7.50. The van der Waals surface area contributed by atoms with Crippen LogP contribution >= 0.6 is 0 Å². The Morgan fingerprint density at radius 3 is 2.89 bits per heavy atom. The highest BCUT2D eigenvalue weighted by Crippen LogP contribution is 2.18. The number of ether oxygens (including phenoxy) is 1. The van der Waals surface area contributed by atoms with E-state index >= 15 is 0 Å². The summed E-state index contributed by atoms with van der Waals surface area (Å²) < 4.78 is 20.3. The predicted octanol–water partition coefficient (Wildman–Crippen LogP) is 2.19. The molecule has 1 N–H and O–H groups in total. The molecule has 2 aromatic rings. The maximum Gasteiger partial charge on any atom is 0.165 e. The average Bonchev–Trinajstić information content (AvgIpc) is 2.84. The Bertz CT molecular complexity index is 539. The average molecular weight is 263 g/mol. The molecule has 1 aromatic heterocycles. The lowest BCUT2D eigenvalue weighted by atomic mass is 10.2. The lowest BCUT2D eigenvalue weighted by Crippen LogP contribution is -2.11. The fraction of sp³-hybridized carbons (Fsp3) is 0.357. The Labute approximate surface area is 112 Å². The molecule has 0 saturated heterocycles. The van der Waals surface area contributed by atoms with E-state index in [0.717, 1.165) is 24.2 Å². The second-order valence-corrected chi connectivity index (χ2v) is 4.30. The molecular formula is C14H18FN3O. The molecule has 0 aliphatic heterocycles. The number of hydrogen-bond acceptors (Lipinski definition) is 3. The van der Waals surface area contributed by atoms with Gasteiger partial charge in [-0.15, -0.1) is 0 Å². The lowest BCUT2D eigenvalue weighted by molar-refractivity contribution is 0.386. The molecule has 2 rings (SSSR count). The molecule has 0 bridgehead atoms.